The van der Waals surface area contributed by atoms with Gasteiger partial charge in [0.1, 0.15) is 0 Å². The molecule has 4 aromatic rings. The van der Waals surface area contributed by atoms with Gasteiger partial charge in [-0.05, 0) is 70.2 Å². The number of hydrogen-bond donors (Lipinski definition) is 0. The van der Waals surface area contributed by atoms with Gasteiger partial charge in [-0.2, -0.15) is 0 Å². The minimum Gasteiger partial charge on any atom is -0.0875 e. The molecule has 4 unspecified atom stereocenters. The summed E-state index contributed by atoms with van der Waals surface area (Å²) in [5, 5.41) is 5.82. The third-order valence-electron chi connectivity index (χ3n) is 10.9. The lowest BCUT2D eigenvalue weighted by Gasteiger charge is -2.37. The van der Waals surface area contributed by atoms with Gasteiger partial charge < -0.3 is 0 Å². The minimum atomic E-state index is -2.19. The summed E-state index contributed by atoms with van der Waals surface area (Å²) >= 11 is 14.3. The first-order valence-electron chi connectivity index (χ1n) is 15.5. The molecule has 8 rings (SSSR count). The van der Waals surface area contributed by atoms with E-state index in [0.717, 1.165) is 12.3 Å². The fourth-order valence-corrected chi connectivity index (χ4v) is 23.2. The normalized spacial score (nSPS) is 30.7. The third-order valence-corrected chi connectivity index (χ3v) is 21.2. The molecule has 0 fully saturated rings. The lowest BCUT2D eigenvalue weighted by Crippen LogP contribution is -2.20. The highest BCUT2D eigenvalue weighted by atomic mass is 32.4. The van der Waals surface area contributed by atoms with E-state index >= 15 is 0 Å². The van der Waals surface area contributed by atoms with Gasteiger partial charge >= 0.3 is 0 Å². The molecular weight excluding hydrogens is 607 g/mol. The number of allylic oxidation sites excluding steroid dienone is 6. The average molecular weight is 643 g/mol. The van der Waals surface area contributed by atoms with Crippen molar-refractivity contribution in [2.24, 2.45) is 10.8 Å². The van der Waals surface area contributed by atoms with Crippen LogP contribution >= 0.6 is 12.1 Å². The van der Waals surface area contributed by atoms with Crippen LogP contribution in [0.4, 0.5) is 0 Å². The standard InChI is InChI=1S/C40H36P2S2/c1-27-35(41(43)25-39(27,3)33(29-17-9-5-10-18-29)37(41)31-21-13-7-14-22-31)36-28(2)40(4)26-42(36,44)38(32-23-15-8-16-24-32)34(40)30-19-11-6-12-20-30/h5-24H,25-26H2,1-4H3. The molecule has 0 N–H and O–H groups in total. The van der Waals surface area contributed by atoms with Gasteiger partial charge in [0.2, 0.25) is 0 Å². The SMILES string of the molecule is CC1=C(C2=C(C)C3(C)CP2(=S)C(c2ccccc2)=C3c2ccccc2)P2(=S)CC1(C)C(c1ccccc1)=C2c1ccccc1. The molecule has 0 radical (unpaired) electrons. The van der Waals surface area contributed by atoms with E-state index in [2.05, 4.69) is 149 Å². The van der Waals surface area contributed by atoms with E-state index in [-0.39, 0.29) is 10.8 Å². The van der Waals surface area contributed by atoms with Gasteiger partial charge in [0.25, 0.3) is 0 Å². The highest BCUT2D eigenvalue weighted by molar-refractivity contribution is 8.25. The second-order valence-electron chi connectivity index (χ2n) is 13.3. The van der Waals surface area contributed by atoms with E-state index in [0.29, 0.717) is 0 Å². The fourth-order valence-electron chi connectivity index (χ4n) is 8.86. The van der Waals surface area contributed by atoms with Crippen LogP contribution in [-0.2, 0) is 23.6 Å². The molecule has 0 aromatic heterocycles. The van der Waals surface area contributed by atoms with Crippen LogP contribution in [0.5, 0.6) is 0 Å². The zero-order valence-corrected chi connectivity index (χ0v) is 29.1. The fraction of sp³-hybridized carbons (Fsp3) is 0.200. The Hall–Kier alpha value is -2.86. The van der Waals surface area contributed by atoms with E-state index < -0.39 is 12.1 Å². The largest absolute Gasteiger partial charge is 0.0875 e. The number of benzene rings is 4. The van der Waals surface area contributed by atoms with Crippen LogP contribution in [0.3, 0.4) is 0 Å². The second kappa shape index (κ2) is 9.82. The van der Waals surface area contributed by atoms with Crippen molar-refractivity contribution in [3.05, 3.63) is 165 Å². The molecule has 44 heavy (non-hydrogen) atoms. The van der Waals surface area contributed by atoms with Crippen molar-refractivity contribution in [2.75, 3.05) is 12.3 Å². The Morgan fingerprint density at radius 2 is 0.705 bits per heavy atom. The first-order valence-corrected chi connectivity index (χ1v) is 21.5. The lowest BCUT2D eigenvalue weighted by molar-refractivity contribution is 0.623. The van der Waals surface area contributed by atoms with E-state index in [1.165, 1.54) is 65.8 Å². The van der Waals surface area contributed by atoms with Crippen LogP contribution in [0, 0.1) is 10.8 Å². The number of rotatable bonds is 5. The molecule has 4 aliphatic heterocycles. The Labute approximate surface area is 272 Å². The van der Waals surface area contributed by atoms with E-state index in [9.17, 15) is 0 Å². The summed E-state index contributed by atoms with van der Waals surface area (Å²) in [7, 11) is 0. The highest BCUT2D eigenvalue weighted by Crippen LogP contribution is 2.92. The molecule has 4 aliphatic rings. The predicted octanol–water partition coefficient (Wildman–Crippen LogP) is 11.7. The molecule has 0 amide bonds. The molecule has 4 bridgehead atoms. The zero-order chi connectivity index (χ0) is 30.5. The monoisotopic (exact) mass is 642 g/mol. The number of hydrogen-bond acceptors (Lipinski definition) is 2. The summed E-state index contributed by atoms with van der Waals surface area (Å²) in [6, 6.07) is 39.7. The summed E-state index contributed by atoms with van der Waals surface area (Å²) < 4.78 is 0. The van der Waals surface area contributed by atoms with Crippen LogP contribution in [-0.4, -0.2) is 12.3 Å². The highest BCUT2D eigenvalue weighted by Gasteiger charge is 2.63. The average Bonchev–Trinajstić information content (AvgIpc) is 3.60. The Morgan fingerprint density at radius 1 is 0.432 bits per heavy atom. The van der Waals surface area contributed by atoms with Crippen molar-refractivity contribution in [1.82, 2.24) is 0 Å². The van der Waals surface area contributed by atoms with Crippen molar-refractivity contribution in [3.8, 4) is 0 Å². The molecule has 0 nitrogen and oxygen atoms in total. The van der Waals surface area contributed by atoms with Gasteiger partial charge in [0.15, 0.2) is 0 Å². The summed E-state index contributed by atoms with van der Waals surface area (Å²) in [5.74, 6) is 0. The van der Waals surface area contributed by atoms with Gasteiger partial charge in [0, 0.05) is 33.5 Å². The molecule has 4 heteroatoms. The Kier molecular flexibility index (Phi) is 6.38. The summed E-state index contributed by atoms with van der Waals surface area (Å²) in [4.78, 5) is 0. The van der Waals surface area contributed by atoms with Crippen molar-refractivity contribution >= 4 is 57.5 Å². The molecule has 4 atom stereocenters. The van der Waals surface area contributed by atoms with Gasteiger partial charge in [0.05, 0.1) is 0 Å². The Bertz CT molecular complexity index is 1930. The topological polar surface area (TPSA) is 0 Å². The van der Waals surface area contributed by atoms with Gasteiger partial charge in [-0.15, -0.1) is 0 Å². The van der Waals surface area contributed by atoms with E-state index in [1.807, 2.05) is 0 Å². The summed E-state index contributed by atoms with van der Waals surface area (Å²) in [5.41, 5.74) is 10.8. The van der Waals surface area contributed by atoms with Crippen LogP contribution in [0.15, 0.2) is 143 Å². The number of fused-ring (bicyclic) bond motifs is 4. The van der Waals surface area contributed by atoms with Crippen LogP contribution in [0.2, 0.25) is 0 Å². The lowest BCUT2D eigenvalue weighted by atomic mass is 9.72. The van der Waals surface area contributed by atoms with Crippen LogP contribution < -0.4 is 0 Å². The van der Waals surface area contributed by atoms with Crippen molar-refractivity contribution in [1.29, 1.82) is 0 Å². The van der Waals surface area contributed by atoms with Gasteiger partial charge in [-0.3, -0.25) is 0 Å². The first-order chi connectivity index (χ1) is 21.1. The second-order valence-corrected chi connectivity index (χ2v) is 22.4. The molecule has 0 aliphatic carbocycles. The molecule has 218 valence electrons. The van der Waals surface area contributed by atoms with Gasteiger partial charge in [-0.1, -0.05) is 170 Å². The quantitative estimate of drug-likeness (QED) is 0.199. The third kappa shape index (κ3) is 3.64. The maximum Gasteiger partial charge on any atom is 0.0206 e. The molecule has 4 heterocycles. The first kappa shape index (κ1) is 28.6. The minimum absolute atomic E-state index is 0.109. The van der Waals surface area contributed by atoms with E-state index in [1.54, 1.807) is 0 Å². The Balaban J connectivity index is 1.41. The Morgan fingerprint density at radius 3 is 1.00 bits per heavy atom. The van der Waals surface area contributed by atoms with Crippen molar-refractivity contribution < 1.29 is 0 Å². The summed E-state index contributed by atoms with van der Waals surface area (Å²) in [6.07, 6.45) is 2.04. The maximum atomic E-state index is 7.15. The van der Waals surface area contributed by atoms with Crippen molar-refractivity contribution in [2.45, 2.75) is 27.7 Å². The van der Waals surface area contributed by atoms with Crippen molar-refractivity contribution in [3.63, 3.8) is 0 Å². The van der Waals surface area contributed by atoms with E-state index in [4.69, 9.17) is 23.6 Å². The molecule has 0 saturated carbocycles. The molecule has 4 aromatic carbocycles. The maximum absolute atomic E-state index is 7.15. The molecule has 0 spiro atoms. The molecular formula is C40H36P2S2. The van der Waals surface area contributed by atoms with Gasteiger partial charge in [-0.25, -0.2) is 0 Å². The predicted molar refractivity (Wildman–Crippen MR) is 199 cm³/mol. The zero-order valence-electron chi connectivity index (χ0n) is 25.7. The van der Waals surface area contributed by atoms with Crippen LogP contribution in [0.1, 0.15) is 49.9 Å². The summed E-state index contributed by atoms with van der Waals surface area (Å²) in [6.45, 7) is 9.74. The smallest absolute Gasteiger partial charge is 0.0206 e. The van der Waals surface area contributed by atoms with Crippen LogP contribution in [0.25, 0.3) is 21.8 Å². The molecule has 0 saturated heterocycles.